The molecule has 0 radical (unpaired) electrons. The zero-order valence-electron chi connectivity index (χ0n) is 10.2. The summed E-state index contributed by atoms with van der Waals surface area (Å²) in [5, 5.41) is 15.2. The second-order valence-electron chi connectivity index (χ2n) is 4.06. The number of aromatic nitrogens is 1. The number of nitrogens with one attached hydrogen (secondary N) is 1. The molecule has 1 amide bonds. The number of anilines is 1. The first-order valence-electron chi connectivity index (χ1n) is 5.56. The number of para-hydroxylation sites is 1. The molecule has 5 nitrogen and oxygen atoms in total. The van der Waals surface area contributed by atoms with Crippen LogP contribution in [0.25, 0.3) is 0 Å². The van der Waals surface area contributed by atoms with Gasteiger partial charge in [0.15, 0.2) is 0 Å². The van der Waals surface area contributed by atoms with E-state index in [2.05, 4.69) is 10.5 Å². The molecular formula is C13H14N2O3. The fourth-order valence-electron chi connectivity index (χ4n) is 1.68. The molecule has 1 heterocycles. The summed E-state index contributed by atoms with van der Waals surface area (Å²) in [6, 6.07) is 7.19. The van der Waals surface area contributed by atoms with Gasteiger partial charge in [-0.1, -0.05) is 23.4 Å². The van der Waals surface area contributed by atoms with Crippen LogP contribution in [0.15, 0.2) is 28.8 Å². The molecule has 0 saturated carbocycles. The van der Waals surface area contributed by atoms with Crippen molar-refractivity contribution in [2.75, 3.05) is 5.32 Å². The zero-order valence-corrected chi connectivity index (χ0v) is 10.2. The van der Waals surface area contributed by atoms with Crippen LogP contribution in [0.4, 0.5) is 5.69 Å². The fraction of sp³-hybridized carbons (Fsp3) is 0.231. The molecule has 0 aliphatic heterocycles. The second-order valence-corrected chi connectivity index (χ2v) is 4.06. The highest BCUT2D eigenvalue weighted by Crippen LogP contribution is 2.20. The number of rotatable bonds is 3. The minimum absolute atomic E-state index is 0.0849. The lowest BCUT2D eigenvalue weighted by Gasteiger charge is -2.09. The third kappa shape index (κ3) is 2.41. The average molecular weight is 246 g/mol. The van der Waals surface area contributed by atoms with Crippen molar-refractivity contribution in [3.63, 3.8) is 0 Å². The van der Waals surface area contributed by atoms with Crippen molar-refractivity contribution in [1.82, 2.24) is 5.16 Å². The van der Waals surface area contributed by atoms with Gasteiger partial charge < -0.3 is 14.9 Å². The first kappa shape index (κ1) is 12.3. The molecule has 1 aromatic heterocycles. The lowest BCUT2D eigenvalue weighted by Crippen LogP contribution is -2.12. The Morgan fingerprint density at radius 1 is 1.39 bits per heavy atom. The van der Waals surface area contributed by atoms with Gasteiger partial charge in [0.05, 0.1) is 6.61 Å². The van der Waals surface area contributed by atoms with Gasteiger partial charge in [0, 0.05) is 11.8 Å². The number of carbonyl (C=O) groups excluding carboxylic acids is 1. The molecule has 5 heteroatoms. The highest BCUT2D eigenvalue weighted by molar-refractivity contribution is 6.03. The van der Waals surface area contributed by atoms with Crippen LogP contribution in [0, 0.1) is 13.8 Å². The van der Waals surface area contributed by atoms with Gasteiger partial charge in [-0.15, -0.1) is 0 Å². The van der Waals surface area contributed by atoms with E-state index < -0.39 is 0 Å². The molecule has 94 valence electrons. The molecule has 0 unspecified atom stereocenters. The van der Waals surface area contributed by atoms with Crippen LogP contribution in [0.2, 0.25) is 0 Å². The molecular weight excluding hydrogens is 232 g/mol. The van der Waals surface area contributed by atoms with Gasteiger partial charge >= 0.3 is 0 Å². The molecule has 2 N–H and O–H groups in total. The number of amides is 1. The number of benzene rings is 1. The van der Waals surface area contributed by atoms with Gasteiger partial charge in [0.1, 0.15) is 5.69 Å². The van der Waals surface area contributed by atoms with Gasteiger partial charge in [-0.2, -0.15) is 0 Å². The third-order valence-corrected chi connectivity index (χ3v) is 2.66. The summed E-state index contributed by atoms with van der Waals surface area (Å²) in [6.45, 7) is 3.59. The van der Waals surface area contributed by atoms with Crippen molar-refractivity contribution in [3.05, 3.63) is 46.8 Å². The number of nitrogens with zero attached hydrogens (tertiary/aromatic N) is 1. The Morgan fingerprint density at radius 3 is 2.61 bits per heavy atom. The fourth-order valence-corrected chi connectivity index (χ4v) is 1.68. The predicted octanol–water partition coefficient (Wildman–Crippen LogP) is 2.04. The number of hydrogen-bond acceptors (Lipinski definition) is 4. The smallest absolute Gasteiger partial charge is 0.294 e. The maximum atomic E-state index is 11.9. The van der Waals surface area contributed by atoms with E-state index >= 15 is 0 Å². The van der Waals surface area contributed by atoms with Gasteiger partial charge in [-0.25, -0.2) is 0 Å². The van der Waals surface area contributed by atoms with Crippen molar-refractivity contribution in [3.8, 4) is 0 Å². The summed E-state index contributed by atoms with van der Waals surface area (Å²) in [5.41, 5.74) is 3.06. The van der Waals surface area contributed by atoms with E-state index in [-0.39, 0.29) is 18.3 Å². The summed E-state index contributed by atoms with van der Waals surface area (Å²) in [5.74, 6) is -0.290. The normalized spacial score (nSPS) is 10.4. The molecule has 18 heavy (non-hydrogen) atoms. The molecule has 1 aromatic carbocycles. The van der Waals surface area contributed by atoms with E-state index in [0.29, 0.717) is 5.69 Å². The molecule has 0 saturated heterocycles. The third-order valence-electron chi connectivity index (χ3n) is 2.66. The SMILES string of the molecule is Cc1cccc(C)c1NC(=O)c1cc(CO)no1. The Kier molecular flexibility index (Phi) is 3.43. The summed E-state index contributed by atoms with van der Waals surface area (Å²) in [6.07, 6.45) is 0. The van der Waals surface area contributed by atoms with Gasteiger partial charge in [0.25, 0.3) is 5.91 Å². The molecule has 0 atom stereocenters. The van der Waals surface area contributed by atoms with Crippen LogP contribution < -0.4 is 5.32 Å². The van der Waals surface area contributed by atoms with E-state index in [9.17, 15) is 4.79 Å². The number of aryl methyl sites for hydroxylation is 2. The van der Waals surface area contributed by atoms with Crippen molar-refractivity contribution >= 4 is 11.6 Å². The van der Waals surface area contributed by atoms with Crippen LogP contribution in [-0.2, 0) is 6.61 Å². The van der Waals surface area contributed by atoms with Crippen LogP contribution in [-0.4, -0.2) is 16.2 Å². The van der Waals surface area contributed by atoms with E-state index in [1.807, 2.05) is 32.0 Å². The molecule has 0 aliphatic carbocycles. The maximum Gasteiger partial charge on any atom is 0.294 e. The minimum atomic E-state index is -0.375. The number of aliphatic hydroxyl groups is 1. The standard InChI is InChI=1S/C13H14N2O3/c1-8-4-3-5-9(2)12(8)14-13(17)11-6-10(7-16)15-18-11/h3-6,16H,7H2,1-2H3,(H,14,17). The largest absolute Gasteiger partial charge is 0.390 e. The topological polar surface area (TPSA) is 75.4 Å². The van der Waals surface area contributed by atoms with E-state index in [1.54, 1.807) is 0 Å². The van der Waals surface area contributed by atoms with E-state index in [4.69, 9.17) is 9.63 Å². The van der Waals surface area contributed by atoms with Gasteiger partial charge in [0.2, 0.25) is 5.76 Å². The number of aliphatic hydroxyl groups excluding tert-OH is 1. The van der Waals surface area contributed by atoms with Gasteiger partial charge in [-0.3, -0.25) is 4.79 Å². The monoisotopic (exact) mass is 246 g/mol. The molecule has 2 aromatic rings. The van der Waals surface area contributed by atoms with E-state index in [0.717, 1.165) is 16.8 Å². The van der Waals surface area contributed by atoms with Crippen LogP contribution in [0.1, 0.15) is 27.4 Å². The van der Waals surface area contributed by atoms with Crippen molar-refractivity contribution in [2.45, 2.75) is 20.5 Å². The highest BCUT2D eigenvalue weighted by Gasteiger charge is 2.14. The van der Waals surface area contributed by atoms with Crippen molar-refractivity contribution in [2.24, 2.45) is 0 Å². The predicted molar refractivity (Wildman–Crippen MR) is 66.3 cm³/mol. The lowest BCUT2D eigenvalue weighted by molar-refractivity contribution is 0.0987. The van der Waals surface area contributed by atoms with Crippen LogP contribution >= 0.6 is 0 Å². The molecule has 0 fully saturated rings. The van der Waals surface area contributed by atoms with Gasteiger partial charge in [-0.05, 0) is 25.0 Å². The summed E-state index contributed by atoms with van der Waals surface area (Å²) in [7, 11) is 0. The van der Waals surface area contributed by atoms with Crippen LogP contribution in [0.5, 0.6) is 0 Å². The lowest BCUT2D eigenvalue weighted by atomic mass is 10.1. The molecule has 0 bridgehead atoms. The van der Waals surface area contributed by atoms with Crippen molar-refractivity contribution in [1.29, 1.82) is 0 Å². The quantitative estimate of drug-likeness (QED) is 0.869. The Morgan fingerprint density at radius 2 is 2.06 bits per heavy atom. The minimum Gasteiger partial charge on any atom is -0.390 e. The Hall–Kier alpha value is -2.14. The van der Waals surface area contributed by atoms with Crippen LogP contribution in [0.3, 0.4) is 0 Å². The first-order valence-corrected chi connectivity index (χ1v) is 5.56. The molecule has 0 aliphatic rings. The summed E-state index contributed by atoms with van der Waals surface area (Å²) >= 11 is 0. The number of carbonyl (C=O) groups is 1. The summed E-state index contributed by atoms with van der Waals surface area (Å²) < 4.78 is 4.85. The Labute approximate surface area is 104 Å². The highest BCUT2D eigenvalue weighted by atomic mass is 16.5. The number of hydrogen-bond donors (Lipinski definition) is 2. The first-order chi connectivity index (χ1) is 8.61. The molecule has 0 spiro atoms. The molecule has 2 rings (SSSR count). The zero-order chi connectivity index (χ0) is 13.1. The summed E-state index contributed by atoms with van der Waals surface area (Å²) in [4.78, 5) is 11.9. The van der Waals surface area contributed by atoms with E-state index in [1.165, 1.54) is 6.07 Å². The second kappa shape index (κ2) is 5.01. The maximum absolute atomic E-state index is 11.9. The Balaban J connectivity index is 2.21. The Bertz CT molecular complexity index is 555. The van der Waals surface area contributed by atoms with Crippen molar-refractivity contribution < 1.29 is 14.4 Å². The average Bonchev–Trinajstić information content (AvgIpc) is 2.82.